The lowest BCUT2D eigenvalue weighted by Gasteiger charge is -1.93. The minimum atomic E-state index is -3.76. The van der Waals surface area contributed by atoms with Crippen LogP contribution >= 0.6 is 0 Å². The van der Waals surface area contributed by atoms with Gasteiger partial charge in [0.05, 0.1) is 7.11 Å². The third-order valence-corrected chi connectivity index (χ3v) is 0.979. The molecule has 1 aromatic rings. The molecule has 0 fully saturated rings. The van der Waals surface area contributed by atoms with Crippen molar-refractivity contribution in [2.24, 2.45) is 0 Å². The summed E-state index contributed by atoms with van der Waals surface area (Å²) in [6.45, 7) is 0. The van der Waals surface area contributed by atoms with E-state index in [0.29, 0.717) is 0 Å². The van der Waals surface area contributed by atoms with Gasteiger partial charge in [-0.1, -0.05) is 18.2 Å². The molecule has 0 amide bonds. The average molecular weight is 369 g/mol. The summed E-state index contributed by atoms with van der Waals surface area (Å²) < 4.78 is 53.4. The van der Waals surface area contributed by atoms with Crippen molar-refractivity contribution in [2.75, 3.05) is 7.11 Å². The quantitative estimate of drug-likeness (QED) is 0.469. The summed E-state index contributed by atoms with van der Waals surface area (Å²) >= 11 is -3.76. The molecule has 0 unspecified atom stereocenters. The molecule has 9 heteroatoms. The minimum Gasteiger partial charge on any atom is -0.497 e. The van der Waals surface area contributed by atoms with Crippen LogP contribution in [0.3, 0.4) is 0 Å². The minimum absolute atomic E-state index is 0.910. The lowest BCUT2D eigenvalue weighted by Crippen LogP contribution is -3.98. The summed E-state index contributed by atoms with van der Waals surface area (Å²) in [6.07, 6.45) is 0. The molecule has 1 aromatic carbocycles. The second-order valence-corrected chi connectivity index (χ2v) is 3.47. The fourth-order valence-corrected chi connectivity index (χ4v) is 0.557. The molecule has 0 aliphatic heterocycles. The Labute approximate surface area is 104 Å². The summed E-state index contributed by atoms with van der Waals surface area (Å²) in [6, 6.07) is 9.68. The van der Waals surface area contributed by atoms with Crippen molar-refractivity contribution in [1.29, 1.82) is 0 Å². The lowest BCUT2D eigenvalue weighted by atomic mass is 10.3. The first-order chi connectivity index (χ1) is 7.40. The van der Waals surface area contributed by atoms with Crippen molar-refractivity contribution in [2.45, 2.75) is 0 Å². The van der Waals surface area contributed by atoms with Gasteiger partial charge in [0, 0.05) is 4.66 Å². The highest BCUT2D eigenvalue weighted by atomic mass is 127. The first-order valence-corrected chi connectivity index (χ1v) is 7.16. The zero-order chi connectivity index (χ0) is 13.0. The van der Waals surface area contributed by atoms with Crippen LogP contribution in [0, 0.1) is 10.8 Å². The van der Waals surface area contributed by atoms with Gasteiger partial charge in [-0.2, -0.15) is 0 Å². The maximum atomic E-state index is 8.68. The van der Waals surface area contributed by atoms with E-state index >= 15 is 0 Å². The first kappa shape index (κ1) is 18.2. The number of ether oxygens (including phenoxy) is 1. The summed E-state index contributed by atoms with van der Waals surface area (Å²) in [5, 5.41) is 0. The molecule has 0 aliphatic carbocycles. The van der Waals surface area contributed by atoms with Gasteiger partial charge in [0.2, 0.25) is 0 Å². The highest BCUT2D eigenvalue weighted by Crippen LogP contribution is 2.05. The number of hydrogen-bond acceptors (Lipinski definition) is 7. The van der Waals surface area contributed by atoms with Crippen LogP contribution in [-0.2, 0) is 0 Å². The van der Waals surface area contributed by atoms with Crippen molar-refractivity contribution in [3.63, 3.8) is 0 Å². The van der Waals surface area contributed by atoms with E-state index in [4.69, 9.17) is 29.0 Å². The smallest absolute Gasteiger partial charge is 0.497 e. The Hall–Kier alpha value is -0.200. The maximum absolute atomic E-state index is 8.68. The topological polar surface area (TPSA) is 142 Å². The first-order valence-electron chi connectivity index (χ1n) is 3.48. The van der Waals surface area contributed by atoms with Crippen molar-refractivity contribution in [3.8, 4) is 5.75 Å². The average Bonchev–Trinajstić information content (AvgIpc) is 2.17. The van der Waals surface area contributed by atoms with E-state index in [0.717, 1.165) is 5.75 Å². The Morgan fingerprint density at radius 2 is 1.50 bits per heavy atom. The Morgan fingerprint density at radius 3 is 1.69 bits per heavy atom. The van der Waals surface area contributed by atoms with Gasteiger partial charge < -0.3 is 20.9 Å². The number of benzene rings is 1. The van der Waals surface area contributed by atoms with Crippen LogP contribution in [0.2, 0.25) is 0 Å². The van der Waals surface area contributed by atoms with Crippen LogP contribution in [0.5, 0.6) is 5.75 Å². The summed E-state index contributed by atoms with van der Waals surface area (Å²) in [4.78, 5) is 0. The number of methoxy groups -OCH3 is 1. The third-order valence-electron chi connectivity index (χ3n) is 0.979. The number of rotatable bonds is 1. The molecule has 94 valence electrons. The second kappa shape index (κ2) is 12.9. The van der Waals surface area contributed by atoms with E-state index in [2.05, 4.69) is 0 Å². The molecule has 0 bridgehead atoms. The Kier molecular flexibility index (Phi) is 14.6. The predicted octanol–water partition coefficient (Wildman–Crippen LogP) is -7.17. The molecule has 16 heavy (non-hydrogen) atoms. The largest absolute Gasteiger partial charge is 0.503 e. The van der Waals surface area contributed by atoms with E-state index in [1.807, 2.05) is 30.3 Å². The molecule has 0 saturated carbocycles. The van der Waals surface area contributed by atoms with E-state index in [9.17, 15) is 0 Å². The van der Waals surface area contributed by atoms with Gasteiger partial charge in [0.15, 0.2) is 0 Å². The highest BCUT2D eigenvalue weighted by molar-refractivity contribution is 5.20. The van der Waals surface area contributed by atoms with Gasteiger partial charge >= 0.3 is 21.1 Å². The van der Waals surface area contributed by atoms with Crippen LogP contribution < -0.4 is 42.0 Å². The molecule has 0 atom stereocenters. The maximum Gasteiger partial charge on any atom is 0.503 e. The molecule has 7 nitrogen and oxygen atoms in total. The summed E-state index contributed by atoms with van der Waals surface area (Å²) in [7, 11) is -0.940. The fourth-order valence-electron chi connectivity index (χ4n) is 0.557. The molecule has 0 aliphatic rings. The fraction of sp³-hybridized carbons (Fsp3) is 0.143. The number of halogens is 2. The molecule has 0 spiro atoms. The monoisotopic (exact) mass is 368 g/mol. The molecular weight excluding hydrogens is 358 g/mol. The summed E-state index contributed by atoms with van der Waals surface area (Å²) in [5.74, 6) is 0.910. The van der Waals surface area contributed by atoms with Gasteiger partial charge in [0.1, 0.15) is 5.75 Å². The van der Waals surface area contributed by atoms with Crippen LogP contribution in [0.15, 0.2) is 30.3 Å². The molecule has 0 radical (unpaired) electrons. The number of para-hydroxylation sites is 1. The molecule has 0 aromatic heterocycles. The van der Waals surface area contributed by atoms with Crippen molar-refractivity contribution in [3.05, 3.63) is 30.3 Å². The van der Waals surface area contributed by atoms with Gasteiger partial charge in [-0.3, -0.25) is 0 Å². The zero-order valence-corrected chi connectivity index (χ0v) is 11.0. The SMILES string of the molecule is COc1ccccc1.[O-][Cl+2]([O-])O.[O-][I+2]([O-])O. The van der Waals surface area contributed by atoms with E-state index in [-0.39, 0.29) is 0 Å². The molecule has 0 saturated heterocycles. The van der Waals surface area contributed by atoms with Crippen molar-refractivity contribution < 1.29 is 60.9 Å². The predicted molar refractivity (Wildman–Crippen MR) is 37.4 cm³/mol. The van der Waals surface area contributed by atoms with Crippen molar-refractivity contribution >= 4 is 0 Å². The van der Waals surface area contributed by atoms with E-state index < -0.39 is 31.8 Å². The van der Waals surface area contributed by atoms with Crippen LogP contribution in [0.4, 0.5) is 0 Å². The molecular formula is C7H10ClIO7. The molecule has 2 N–H and O–H groups in total. The number of hydrogen-bond donors (Lipinski definition) is 2. The van der Waals surface area contributed by atoms with Gasteiger partial charge in [-0.15, -0.1) is 0 Å². The van der Waals surface area contributed by atoms with E-state index in [1.54, 1.807) is 7.11 Å². The normalized spacial score (nSPS) is 8.81. The molecule has 0 heterocycles. The third kappa shape index (κ3) is 23.5. The highest BCUT2D eigenvalue weighted by Gasteiger charge is 1.89. The van der Waals surface area contributed by atoms with Crippen LogP contribution in [-0.4, -0.2) is 15.2 Å². The lowest BCUT2D eigenvalue weighted by molar-refractivity contribution is -1.63. The summed E-state index contributed by atoms with van der Waals surface area (Å²) in [5.41, 5.74) is 0. The van der Waals surface area contributed by atoms with Gasteiger partial charge in [-0.25, -0.2) is 0 Å². The van der Waals surface area contributed by atoms with E-state index in [1.165, 1.54) is 0 Å². The Morgan fingerprint density at radius 1 is 1.19 bits per heavy atom. The second-order valence-electron chi connectivity index (χ2n) is 1.92. The zero-order valence-electron chi connectivity index (χ0n) is 8.08. The van der Waals surface area contributed by atoms with Gasteiger partial charge in [-0.05, 0) is 15.6 Å². The standard InChI is InChI=1S/C7H8O.ClHO3.HIO3/c1-8-7-5-3-2-4-6-7;2*2-1(3)4/h2-6H,1H3;2*2H. The van der Waals surface area contributed by atoms with Gasteiger partial charge in [0.25, 0.3) is 10.8 Å². The van der Waals surface area contributed by atoms with Crippen LogP contribution in [0.1, 0.15) is 0 Å². The molecule has 1 rings (SSSR count). The Balaban J connectivity index is 0. The Bertz CT molecular complexity index is 222. The van der Waals surface area contributed by atoms with Crippen LogP contribution in [0.25, 0.3) is 0 Å². The van der Waals surface area contributed by atoms with Crippen molar-refractivity contribution in [1.82, 2.24) is 0 Å².